The van der Waals surface area contributed by atoms with E-state index in [2.05, 4.69) is 15.3 Å². The summed E-state index contributed by atoms with van der Waals surface area (Å²) < 4.78 is 27.6. The number of hydrogen-bond donors (Lipinski definition) is 1. The highest BCUT2D eigenvalue weighted by atomic mass is 35.5. The van der Waals surface area contributed by atoms with E-state index in [-0.39, 0.29) is 35.4 Å². The standard InChI is InChI=1S/C21H19ClN4O3S/c22-16-8-4-9-17(13-16)30(28,29)26-11-5-10-18-21(26)25-19(14-23-18)24-20(27)12-15-6-2-1-3-7-15/h1-4,6-9,13-14H,5,10-12H2,(H,24,25,27). The minimum absolute atomic E-state index is 0.0863. The van der Waals surface area contributed by atoms with Crippen molar-refractivity contribution in [3.05, 3.63) is 77.1 Å². The maximum absolute atomic E-state index is 13.2. The summed E-state index contributed by atoms with van der Waals surface area (Å²) in [5, 5.41) is 3.04. The van der Waals surface area contributed by atoms with Crippen molar-refractivity contribution >= 4 is 39.2 Å². The Balaban J connectivity index is 1.61. The van der Waals surface area contributed by atoms with Gasteiger partial charge in [0, 0.05) is 11.6 Å². The van der Waals surface area contributed by atoms with Gasteiger partial charge in [0.05, 0.1) is 23.2 Å². The molecule has 2 aromatic carbocycles. The largest absolute Gasteiger partial charge is 0.309 e. The molecule has 4 rings (SSSR count). The number of anilines is 2. The predicted octanol–water partition coefficient (Wildman–Crippen LogP) is 3.45. The number of nitrogens with one attached hydrogen (secondary N) is 1. The monoisotopic (exact) mass is 442 g/mol. The van der Waals surface area contributed by atoms with Crippen molar-refractivity contribution in [2.45, 2.75) is 24.2 Å². The molecule has 0 atom stereocenters. The number of fused-ring (bicyclic) bond motifs is 1. The maximum Gasteiger partial charge on any atom is 0.265 e. The minimum atomic E-state index is -3.86. The van der Waals surface area contributed by atoms with Crippen molar-refractivity contribution < 1.29 is 13.2 Å². The van der Waals surface area contributed by atoms with Gasteiger partial charge in [0.1, 0.15) is 0 Å². The van der Waals surface area contributed by atoms with E-state index in [4.69, 9.17) is 11.6 Å². The zero-order chi connectivity index (χ0) is 21.1. The van der Waals surface area contributed by atoms with E-state index in [0.29, 0.717) is 23.6 Å². The lowest BCUT2D eigenvalue weighted by atomic mass is 10.1. The Bertz CT molecular complexity index is 1190. The number of nitrogens with zero attached hydrogens (tertiary/aromatic N) is 3. The van der Waals surface area contributed by atoms with Crippen LogP contribution < -0.4 is 9.62 Å². The van der Waals surface area contributed by atoms with Crippen LogP contribution in [0, 0.1) is 0 Å². The van der Waals surface area contributed by atoms with E-state index in [1.807, 2.05) is 30.3 Å². The molecule has 0 radical (unpaired) electrons. The van der Waals surface area contributed by atoms with Crippen LogP contribution in [0.4, 0.5) is 11.6 Å². The van der Waals surface area contributed by atoms with Crippen molar-refractivity contribution in [1.82, 2.24) is 9.97 Å². The van der Waals surface area contributed by atoms with Gasteiger partial charge in [0.2, 0.25) is 5.91 Å². The second-order valence-electron chi connectivity index (χ2n) is 6.87. The number of sulfonamides is 1. The minimum Gasteiger partial charge on any atom is -0.309 e. The van der Waals surface area contributed by atoms with Crippen LogP contribution in [0.3, 0.4) is 0 Å². The molecule has 0 saturated carbocycles. The van der Waals surface area contributed by atoms with Crippen LogP contribution in [0.25, 0.3) is 0 Å². The molecule has 1 amide bonds. The molecule has 0 unspecified atom stereocenters. The van der Waals surface area contributed by atoms with Gasteiger partial charge in [0.25, 0.3) is 10.0 Å². The third-order valence-electron chi connectivity index (χ3n) is 4.70. The first-order valence-corrected chi connectivity index (χ1v) is 11.2. The maximum atomic E-state index is 13.2. The molecule has 1 N–H and O–H groups in total. The van der Waals surface area contributed by atoms with Crippen molar-refractivity contribution in [3.8, 4) is 0 Å². The van der Waals surface area contributed by atoms with E-state index in [1.54, 1.807) is 12.1 Å². The number of amides is 1. The molecule has 1 aliphatic heterocycles. The van der Waals surface area contributed by atoms with Gasteiger partial charge >= 0.3 is 0 Å². The SMILES string of the molecule is O=C(Cc1ccccc1)Nc1cnc2c(n1)N(S(=O)(=O)c1cccc(Cl)c1)CCC2. The number of aromatic nitrogens is 2. The average Bonchev–Trinajstić information content (AvgIpc) is 2.74. The van der Waals surface area contributed by atoms with Gasteiger partial charge in [-0.25, -0.2) is 17.7 Å². The van der Waals surface area contributed by atoms with Crippen molar-refractivity contribution in [2.24, 2.45) is 0 Å². The third kappa shape index (κ3) is 4.29. The van der Waals surface area contributed by atoms with Crippen LogP contribution in [0.5, 0.6) is 0 Å². The first-order valence-electron chi connectivity index (χ1n) is 9.41. The summed E-state index contributed by atoms with van der Waals surface area (Å²) in [4.78, 5) is 21.2. The van der Waals surface area contributed by atoms with Crippen LogP contribution in [0.15, 0.2) is 65.7 Å². The third-order valence-corrected chi connectivity index (χ3v) is 6.72. The molecule has 30 heavy (non-hydrogen) atoms. The summed E-state index contributed by atoms with van der Waals surface area (Å²) in [5.74, 6) is 0.192. The number of aryl methyl sites for hydroxylation is 1. The highest BCUT2D eigenvalue weighted by molar-refractivity contribution is 7.92. The molecular formula is C21H19ClN4O3S. The fraction of sp³-hybridized carbons (Fsp3) is 0.190. The highest BCUT2D eigenvalue weighted by Gasteiger charge is 2.31. The molecule has 0 aliphatic carbocycles. The number of rotatable bonds is 5. The molecule has 3 aromatic rings. The lowest BCUT2D eigenvalue weighted by molar-refractivity contribution is -0.115. The lowest BCUT2D eigenvalue weighted by Crippen LogP contribution is -2.37. The molecular weight excluding hydrogens is 424 g/mol. The number of carbonyl (C=O) groups excluding carboxylic acids is 1. The molecule has 0 fully saturated rings. The molecule has 0 spiro atoms. The summed E-state index contributed by atoms with van der Waals surface area (Å²) >= 11 is 5.98. The summed E-state index contributed by atoms with van der Waals surface area (Å²) in [5.41, 5.74) is 1.44. The van der Waals surface area contributed by atoms with E-state index in [0.717, 1.165) is 5.56 Å². The Morgan fingerprint density at radius 2 is 1.93 bits per heavy atom. The number of hydrogen-bond acceptors (Lipinski definition) is 5. The number of halogens is 1. The van der Waals surface area contributed by atoms with Crippen LogP contribution in [0.1, 0.15) is 17.7 Å². The van der Waals surface area contributed by atoms with Gasteiger partial charge in [-0.3, -0.25) is 9.78 Å². The van der Waals surface area contributed by atoms with Crippen LogP contribution in [-0.2, 0) is 27.7 Å². The van der Waals surface area contributed by atoms with Crippen molar-refractivity contribution in [2.75, 3.05) is 16.2 Å². The Morgan fingerprint density at radius 3 is 2.70 bits per heavy atom. The molecule has 154 valence electrons. The Kier molecular flexibility index (Phi) is 5.69. The van der Waals surface area contributed by atoms with Crippen LogP contribution in [-0.4, -0.2) is 30.8 Å². The Morgan fingerprint density at radius 1 is 1.13 bits per heavy atom. The van der Waals surface area contributed by atoms with E-state index in [9.17, 15) is 13.2 Å². The van der Waals surface area contributed by atoms with Gasteiger partial charge in [-0.2, -0.15) is 0 Å². The summed E-state index contributed by atoms with van der Waals surface area (Å²) in [7, 11) is -3.86. The quantitative estimate of drug-likeness (QED) is 0.653. The molecule has 1 aliphatic rings. The van der Waals surface area contributed by atoms with Crippen LogP contribution in [0.2, 0.25) is 5.02 Å². The number of carbonyl (C=O) groups is 1. The van der Waals surface area contributed by atoms with Gasteiger partial charge in [-0.05, 0) is 36.6 Å². The second kappa shape index (κ2) is 8.41. The van der Waals surface area contributed by atoms with Gasteiger partial charge in [-0.1, -0.05) is 48.0 Å². The zero-order valence-electron chi connectivity index (χ0n) is 16.0. The normalized spacial score (nSPS) is 13.6. The van der Waals surface area contributed by atoms with E-state index in [1.165, 1.54) is 22.6 Å². The Hall–Kier alpha value is -2.97. The van der Waals surface area contributed by atoms with E-state index >= 15 is 0 Å². The molecule has 1 aromatic heterocycles. The molecule has 0 saturated heterocycles. The van der Waals surface area contributed by atoms with E-state index < -0.39 is 10.0 Å². The Labute approximate surface area is 179 Å². The molecule has 9 heteroatoms. The highest BCUT2D eigenvalue weighted by Crippen LogP contribution is 2.30. The molecule has 2 heterocycles. The predicted molar refractivity (Wildman–Crippen MR) is 115 cm³/mol. The van der Waals surface area contributed by atoms with Gasteiger partial charge < -0.3 is 5.32 Å². The smallest absolute Gasteiger partial charge is 0.265 e. The van der Waals surface area contributed by atoms with Crippen LogP contribution >= 0.6 is 11.6 Å². The second-order valence-corrected chi connectivity index (χ2v) is 9.17. The van der Waals surface area contributed by atoms with Gasteiger partial charge in [-0.15, -0.1) is 0 Å². The fourth-order valence-electron chi connectivity index (χ4n) is 3.29. The fourth-order valence-corrected chi connectivity index (χ4v) is 5.07. The summed E-state index contributed by atoms with van der Waals surface area (Å²) in [6.07, 6.45) is 2.88. The molecule has 0 bridgehead atoms. The first-order chi connectivity index (χ1) is 14.4. The van der Waals surface area contributed by atoms with Crippen molar-refractivity contribution in [1.29, 1.82) is 0 Å². The average molecular weight is 443 g/mol. The lowest BCUT2D eigenvalue weighted by Gasteiger charge is -2.29. The summed E-state index contributed by atoms with van der Waals surface area (Å²) in [6.45, 7) is 0.276. The zero-order valence-corrected chi connectivity index (χ0v) is 17.5. The number of benzene rings is 2. The first kappa shape index (κ1) is 20.3. The summed E-state index contributed by atoms with van der Waals surface area (Å²) in [6, 6.07) is 15.4. The topological polar surface area (TPSA) is 92.3 Å². The van der Waals surface area contributed by atoms with Crippen molar-refractivity contribution in [3.63, 3.8) is 0 Å². The van der Waals surface area contributed by atoms with Gasteiger partial charge in [0.15, 0.2) is 11.6 Å². The molecule has 7 nitrogen and oxygen atoms in total.